The van der Waals surface area contributed by atoms with Gasteiger partial charge in [-0.25, -0.2) is 0 Å². The Hall–Kier alpha value is -0.300. The zero-order valence-corrected chi connectivity index (χ0v) is 5.03. The second kappa shape index (κ2) is 3.88. The number of hydrogen-bond acceptors (Lipinski definition) is 1. The van der Waals surface area contributed by atoms with Crippen LogP contribution in [0.15, 0.2) is 12.2 Å². The summed E-state index contributed by atoms with van der Waals surface area (Å²) in [6, 6.07) is 0. The highest BCUT2D eigenvalue weighted by atomic mass is 16.5. The Kier molecular flexibility index (Phi) is 3.71. The molecule has 0 amide bonds. The molecule has 0 fully saturated rings. The minimum atomic E-state index is 0.705. The molecule has 0 rings (SSSR count). The van der Waals surface area contributed by atoms with Gasteiger partial charge in [-0.05, 0) is 13.8 Å². The van der Waals surface area contributed by atoms with Crippen molar-refractivity contribution in [3.05, 3.63) is 12.2 Å². The molecule has 0 aliphatic rings. The minimum Gasteiger partial charge on any atom is -0.377 e. The summed E-state index contributed by atoms with van der Waals surface area (Å²) in [5.74, 6) is 0. The minimum absolute atomic E-state index is 0.705. The average molecular weight is 100 g/mol. The molecule has 0 aromatic rings. The average Bonchev–Trinajstić information content (AvgIpc) is 1.61. The van der Waals surface area contributed by atoms with Gasteiger partial charge in [0.25, 0.3) is 0 Å². The maximum atomic E-state index is 5.00. The molecule has 0 saturated heterocycles. The number of ether oxygens (including phenoxy) is 1. The van der Waals surface area contributed by atoms with Crippen molar-refractivity contribution >= 4 is 0 Å². The Morgan fingerprint density at radius 1 is 1.71 bits per heavy atom. The van der Waals surface area contributed by atoms with E-state index in [-0.39, 0.29) is 0 Å². The van der Waals surface area contributed by atoms with E-state index in [1.165, 1.54) is 0 Å². The summed E-state index contributed by atoms with van der Waals surface area (Å²) in [6.45, 7) is 9.09. The van der Waals surface area contributed by atoms with Gasteiger partial charge >= 0.3 is 0 Å². The molecule has 7 heavy (non-hydrogen) atoms. The lowest BCUT2D eigenvalue weighted by Crippen LogP contribution is -1.92. The number of rotatable bonds is 3. The van der Waals surface area contributed by atoms with Crippen LogP contribution in [-0.4, -0.2) is 13.2 Å². The van der Waals surface area contributed by atoms with Gasteiger partial charge in [-0.1, -0.05) is 12.2 Å². The van der Waals surface area contributed by atoms with E-state index in [4.69, 9.17) is 4.74 Å². The van der Waals surface area contributed by atoms with Crippen molar-refractivity contribution in [2.24, 2.45) is 0 Å². The van der Waals surface area contributed by atoms with Crippen LogP contribution in [0.3, 0.4) is 0 Å². The fourth-order valence-corrected chi connectivity index (χ4v) is 0.276. The van der Waals surface area contributed by atoms with Crippen LogP contribution in [-0.2, 0) is 4.74 Å². The van der Waals surface area contributed by atoms with Crippen molar-refractivity contribution in [1.29, 1.82) is 0 Å². The van der Waals surface area contributed by atoms with E-state index in [2.05, 4.69) is 6.58 Å². The van der Waals surface area contributed by atoms with Crippen LogP contribution in [0.25, 0.3) is 0 Å². The van der Waals surface area contributed by atoms with Gasteiger partial charge in [-0.2, -0.15) is 0 Å². The van der Waals surface area contributed by atoms with Gasteiger partial charge in [0.1, 0.15) is 0 Å². The van der Waals surface area contributed by atoms with E-state index >= 15 is 0 Å². The summed E-state index contributed by atoms with van der Waals surface area (Å²) >= 11 is 0. The van der Waals surface area contributed by atoms with Crippen LogP contribution in [0.1, 0.15) is 13.8 Å². The zero-order valence-electron chi connectivity index (χ0n) is 5.03. The summed E-state index contributed by atoms with van der Waals surface area (Å²) in [5.41, 5.74) is 1.09. The highest BCUT2D eigenvalue weighted by Gasteiger charge is 1.79. The molecule has 1 nitrogen and oxygen atoms in total. The van der Waals surface area contributed by atoms with Gasteiger partial charge in [-0.15, -0.1) is 0 Å². The molecule has 0 saturated carbocycles. The Morgan fingerprint density at radius 2 is 2.29 bits per heavy atom. The van der Waals surface area contributed by atoms with Crippen LogP contribution in [0.2, 0.25) is 0 Å². The first-order chi connectivity index (χ1) is 3.27. The lowest BCUT2D eigenvalue weighted by Gasteiger charge is -1.95. The van der Waals surface area contributed by atoms with Crippen LogP contribution >= 0.6 is 0 Å². The summed E-state index contributed by atoms with van der Waals surface area (Å²) < 4.78 is 5.00. The highest BCUT2D eigenvalue weighted by Crippen LogP contribution is 1.85. The molecule has 0 N–H and O–H groups in total. The lowest BCUT2D eigenvalue weighted by molar-refractivity contribution is 0.171. The Bertz CT molecular complexity index is 57.2. The molecule has 0 aromatic carbocycles. The monoisotopic (exact) mass is 100 g/mol. The van der Waals surface area contributed by atoms with E-state index in [1.54, 1.807) is 0 Å². The maximum absolute atomic E-state index is 5.00. The first-order valence-corrected chi connectivity index (χ1v) is 2.49. The number of hydrogen-bond donors (Lipinski definition) is 0. The van der Waals surface area contributed by atoms with E-state index in [0.717, 1.165) is 12.2 Å². The van der Waals surface area contributed by atoms with Crippen molar-refractivity contribution in [1.82, 2.24) is 0 Å². The Labute approximate surface area is 45.0 Å². The second-order valence-corrected chi connectivity index (χ2v) is 1.59. The molecule has 0 spiro atoms. The zero-order chi connectivity index (χ0) is 5.70. The predicted molar refractivity (Wildman–Crippen MR) is 31.3 cm³/mol. The second-order valence-electron chi connectivity index (χ2n) is 1.59. The summed E-state index contributed by atoms with van der Waals surface area (Å²) in [6.07, 6.45) is 0. The summed E-state index contributed by atoms with van der Waals surface area (Å²) in [7, 11) is 0. The van der Waals surface area contributed by atoms with E-state index < -0.39 is 0 Å². The largest absolute Gasteiger partial charge is 0.377 e. The molecule has 0 unspecified atom stereocenters. The Balaban J connectivity index is 2.82. The maximum Gasteiger partial charge on any atom is 0.0671 e. The summed E-state index contributed by atoms with van der Waals surface area (Å²) in [5, 5.41) is 0. The van der Waals surface area contributed by atoms with Gasteiger partial charge < -0.3 is 4.74 Å². The van der Waals surface area contributed by atoms with Crippen LogP contribution < -0.4 is 0 Å². The van der Waals surface area contributed by atoms with Crippen molar-refractivity contribution < 1.29 is 4.74 Å². The lowest BCUT2D eigenvalue weighted by atomic mass is 10.4. The predicted octanol–water partition coefficient (Wildman–Crippen LogP) is 1.60. The van der Waals surface area contributed by atoms with Crippen molar-refractivity contribution in [3.63, 3.8) is 0 Å². The molecule has 1 heteroatoms. The quantitative estimate of drug-likeness (QED) is 0.489. The van der Waals surface area contributed by atoms with Gasteiger partial charge in [0.2, 0.25) is 0 Å². The molecule has 0 aliphatic heterocycles. The molecule has 0 radical (unpaired) electrons. The van der Waals surface area contributed by atoms with E-state index in [1.807, 2.05) is 13.8 Å². The van der Waals surface area contributed by atoms with Crippen LogP contribution in [0.5, 0.6) is 0 Å². The molecule has 0 aliphatic carbocycles. The molecule has 0 atom stereocenters. The molecular formula is C6H12O. The van der Waals surface area contributed by atoms with Gasteiger partial charge in [0.05, 0.1) is 6.61 Å². The van der Waals surface area contributed by atoms with Crippen LogP contribution in [0.4, 0.5) is 0 Å². The third-order valence-electron chi connectivity index (χ3n) is 0.553. The molecular weight excluding hydrogens is 88.1 g/mol. The topological polar surface area (TPSA) is 9.23 Å². The highest BCUT2D eigenvalue weighted by molar-refractivity contribution is 4.87. The fraction of sp³-hybridized carbons (Fsp3) is 0.667. The van der Waals surface area contributed by atoms with Crippen LogP contribution in [0, 0.1) is 0 Å². The third kappa shape index (κ3) is 5.70. The summed E-state index contributed by atoms with van der Waals surface area (Å²) in [4.78, 5) is 0. The van der Waals surface area contributed by atoms with E-state index in [9.17, 15) is 0 Å². The van der Waals surface area contributed by atoms with Crippen molar-refractivity contribution in [3.8, 4) is 0 Å². The molecule has 0 bridgehead atoms. The third-order valence-corrected chi connectivity index (χ3v) is 0.553. The normalized spacial score (nSPS) is 8.86. The molecule has 0 heterocycles. The fourth-order valence-electron chi connectivity index (χ4n) is 0.276. The first kappa shape index (κ1) is 6.70. The molecule has 0 aromatic heterocycles. The van der Waals surface area contributed by atoms with Crippen molar-refractivity contribution in [2.75, 3.05) is 13.2 Å². The van der Waals surface area contributed by atoms with Gasteiger partial charge in [0.15, 0.2) is 0 Å². The Morgan fingerprint density at radius 3 is 2.43 bits per heavy atom. The SMILES string of the molecule is C=C(C)COCC. The first-order valence-electron chi connectivity index (χ1n) is 2.49. The molecule has 42 valence electrons. The van der Waals surface area contributed by atoms with Gasteiger partial charge in [0, 0.05) is 6.61 Å². The van der Waals surface area contributed by atoms with E-state index in [0.29, 0.717) is 6.61 Å². The smallest absolute Gasteiger partial charge is 0.0671 e. The van der Waals surface area contributed by atoms with Crippen molar-refractivity contribution in [2.45, 2.75) is 13.8 Å². The standard InChI is InChI=1S/C6H12O/c1-4-7-5-6(2)3/h2,4-5H2,1,3H3. The van der Waals surface area contributed by atoms with Gasteiger partial charge in [-0.3, -0.25) is 0 Å².